The van der Waals surface area contributed by atoms with Gasteiger partial charge in [0.25, 0.3) is 0 Å². The third-order valence-electron chi connectivity index (χ3n) is 4.77. The molecular formula is C16H28N2O2. The molecule has 1 N–H and O–H groups in total. The maximum atomic E-state index is 12.9. The van der Waals surface area contributed by atoms with Gasteiger partial charge < -0.3 is 10.2 Å². The highest BCUT2D eigenvalue weighted by atomic mass is 16.2. The average molecular weight is 280 g/mol. The molecule has 2 fully saturated rings. The van der Waals surface area contributed by atoms with Crippen LogP contribution >= 0.6 is 0 Å². The molecule has 0 aromatic carbocycles. The third kappa shape index (κ3) is 2.99. The molecule has 4 nitrogen and oxygen atoms in total. The monoisotopic (exact) mass is 280 g/mol. The molecule has 0 radical (unpaired) electrons. The van der Waals surface area contributed by atoms with Gasteiger partial charge in [0.1, 0.15) is 5.54 Å². The molecule has 1 aliphatic heterocycles. The van der Waals surface area contributed by atoms with Crippen molar-refractivity contribution in [1.82, 2.24) is 10.2 Å². The van der Waals surface area contributed by atoms with E-state index in [0.717, 1.165) is 57.8 Å². The first kappa shape index (κ1) is 15.3. The minimum Gasteiger partial charge on any atom is -0.340 e. The summed E-state index contributed by atoms with van der Waals surface area (Å²) < 4.78 is 0. The molecular weight excluding hydrogens is 252 g/mol. The van der Waals surface area contributed by atoms with Crippen molar-refractivity contribution in [3.05, 3.63) is 0 Å². The lowest BCUT2D eigenvalue weighted by Gasteiger charge is -2.43. The number of piperazine rings is 1. The summed E-state index contributed by atoms with van der Waals surface area (Å²) in [4.78, 5) is 26.8. The third-order valence-corrected chi connectivity index (χ3v) is 4.77. The number of carbonyl (C=O) groups excluding carboxylic acids is 2. The van der Waals surface area contributed by atoms with Crippen molar-refractivity contribution in [2.24, 2.45) is 0 Å². The van der Waals surface area contributed by atoms with E-state index in [4.69, 9.17) is 0 Å². The molecule has 2 rings (SSSR count). The van der Waals surface area contributed by atoms with Gasteiger partial charge in [-0.15, -0.1) is 0 Å². The van der Waals surface area contributed by atoms with Crippen LogP contribution in [0.1, 0.15) is 71.6 Å². The fourth-order valence-electron chi connectivity index (χ4n) is 3.70. The summed E-state index contributed by atoms with van der Waals surface area (Å²) in [5.74, 6) is 0.216. The van der Waals surface area contributed by atoms with Crippen LogP contribution in [-0.4, -0.2) is 34.8 Å². The molecule has 1 atom stereocenters. The van der Waals surface area contributed by atoms with Crippen molar-refractivity contribution in [3.63, 3.8) is 0 Å². The minimum absolute atomic E-state index is 0.0316. The molecule has 1 unspecified atom stereocenters. The van der Waals surface area contributed by atoms with Crippen molar-refractivity contribution in [3.8, 4) is 0 Å². The van der Waals surface area contributed by atoms with Crippen molar-refractivity contribution in [2.45, 2.75) is 83.2 Å². The number of hydrogen-bond acceptors (Lipinski definition) is 2. The van der Waals surface area contributed by atoms with Crippen LogP contribution < -0.4 is 5.32 Å². The Morgan fingerprint density at radius 3 is 2.45 bits per heavy atom. The second-order valence-electron chi connectivity index (χ2n) is 6.36. The van der Waals surface area contributed by atoms with Gasteiger partial charge in [-0.3, -0.25) is 9.59 Å². The van der Waals surface area contributed by atoms with Gasteiger partial charge in [-0.1, -0.05) is 46.0 Å². The maximum Gasteiger partial charge on any atom is 0.249 e. The lowest BCUT2D eigenvalue weighted by atomic mass is 9.90. The molecule has 20 heavy (non-hydrogen) atoms. The molecule has 0 bridgehead atoms. The molecule has 0 aromatic rings. The van der Waals surface area contributed by atoms with Gasteiger partial charge in [-0.05, 0) is 25.7 Å². The van der Waals surface area contributed by atoms with Crippen LogP contribution in [0.3, 0.4) is 0 Å². The molecule has 2 aliphatic rings. The summed E-state index contributed by atoms with van der Waals surface area (Å²) in [6, 6.07) is 0.246. The first-order valence-electron chi connectivity index (χ1n) is 8.25. The molecule has 0 aromatic heterocycles. The van der Waals surface area contributed by atoms with Crippen LogP contribution in [-0.2, 0) is 9.59 Å². The normalized spacial score (nSPS) is 23.2. The first-order valence-corrected chi connectivity index (χ1v) is 8.25. The van der Waals surface area contributed by atoms with Crippen LogP contribution in [0.15, 0.2) is 0 Å². The number of hydrogen-bond donors (Lipinski definition) is 1. The molecule has 1 saturated carbocycles. The van der Waals surface area contributed by atoms with E-state index in [-0.39, 0.29) is 24.4 Å². The van der Waals surface area contributed by atoms with Crippen LogP contribution in [0.25, 0.3) is 0 Å². The predicted molar refractivity (Wildman–Crippen MR) is 79.3 cm³/mol. The summed E-state index contributed by atoms with van der Waals surface area (Å²) in [5, 5.41) is 2.99. The minimum atomic E-state index is -0.562. The van der Waals surface area contributed by atoms with Gasteiger partial charge in [0, 0.05) is 6.04 Å². The summed E-state index contributed by atoms with van der Waals surface area (Å²) >= 11 is 0. The summed E-state index contributed by atoms with van der Waals surface area (Å²) in [5.41, 5.74) is -0.562. The van der Waals surface area contributed by atoms with Crippen molar-refractivity contribution < 1.29 is 9.59 Å². The smallest absolute Gasteiger partial charge is 0.249 e. The van der Waals surface area contributed by atoms with Gasteiger partial charge >= 0.3 is 0 Å². The first-order chi connectivity index (χ1) is 9.63. The van der Waals surface area contributed by atoms with E-state index in [9.17, 15) is 9.59 Å². The van der Waals surface area contributed by atoms with E-state index in [1.54, 1.807) is 0 Å². The quantitative estimate of drug-likeness (QED) is 0.813. The van der Waals surface area contributed by atoms with Gasteiger partial charge in [0.2, 0.25) is 11.8 Å². The average Bonchev–Trinajstić information content (AvgIpc) is 2.88. The van der Waals surface area contributed by atoms with Crippen LogP contribution in [0.5, 0.6) is 0 Å². The van der Waals surface area contributed by atoms with Crippen LogP contribution in [0.4, 0.5) is 0 Å². The zero-order valence-corrected chi connectivity index (χ0v) is 12.9. The highest BCUT2D eigenvalue weighted by Crippen LogP contribution is 2.34. The zero-order chi connectivity index (χ0) is 14.6. The zero-order valence-electron chi connectivity index (χ0n) is 12.9. The number of carbonyl (C=O) groups is 2. The number of nitrogens with one attached hydrogen (secondary N) is 1. The standard InChI is InChI=1S/C16H28N2O2/c1-3-5-9-13(8-4-2)18-12-14(19)17-16(15(18)20)10-6-7-11-16/h13H,3-12H2,1-2H3,(H,17,19). The Balaban J connectivity index is 2.14. The second-order valence-corrected chi connectivity index (χ2v) is 6.36. The highest BCUT2D eigenvalue weighted by molar-refractivity contribution is 5.98. The van der Waals surface area contributed by atoms with Crippen molar-refractivity contribution in [2.75, 3.05) is 6.54 Å². The molecule has 1 spiro atoms. The van der Waals surface area contributed by atoms with Gasteiger partial charge in [0.05, 0.1) is 6.54 Å². The Morgan fingerprint density at radius 2 is 1.85 bits per heavy atom. The predicted octanol–water partition coefficient (Wildman–Crippen LogP) is 2.62. The SMILES string of the molecule is CCCCC(CCC)N1CC(=O)NC2(CCCC2)C1=O. The Morgan fingerprint density at radius 1 is 1.15 bits per heavy atom. The lowest BCUT2D eigenvalue weighted by molar-refractivity contribution is -0.152. The van der Waals surface area contributed by atoms with Crippen molar-refractivity contribution >= 4 is 11.8 Å². The van der Waals surface area contributed by atoms with E-state index in [2.05, 4.69) is 19.2 Å². The van der Waals surface area contributed by atoms with E-state index in [1.165, 1.54) is 0 Å². The summed E-state index contributed by atoms with van der Waals surface area (Å²) in [6.07, 6.45) is 9.10. The van der Waals surface area contributed by atoms with Crippen molar-refractivity contribution in [1.29, 1.82) is 0 Å². The van der Waals surface area contributed by atoms with Crippen LogP contribution in [0.2, 0.25) is 0 Å². The molecule has 1 heterocycles. The molecule has 4 heteroatoms. The lowest BCUT2D eigenvalue weighted by Crippen LogP contribution is -2.67. The second kappa shape index (κ2) is 6.59. The Labute approximate surface area is 122 Å². The number of amides is 2. The largest absolute Gasteiger partial charge is 0.340 e. The summed E-state index contributed by atoms with van der Waals surface area (Å²) in [6.45, 7) is 4.58. The Bertz CT molecular complexity index is 361. The fourth-order valence-corrected chi connectivity index (χ4v) is 3.70. The number of nitrogens with zero attached hydrogens (tertiary/aromatic N) is 1. The Hall–Kier alpha value is -1.06. The van der Waals surface area contributed by atoms with E-state index in [1.807, 2.05) is 4.90 Å². The van der Waals surface area contributed by atoms with E-state index < -0.39 is 5.54 Å². The van der Waals surface area contributed by atoms with E-state index in [0.29, 0.717) is 0 Å². The topological polar surface area (TPSA) is 49.4 Å². The van der Waals surface area contributed by atoms with Crippen LogP contribution in [0, 0.1) is 0 Å². The fraction of sp³-hybridized carbons (Fsp3) is 0.875. The maximum absolute atomic E-state index is 12.9. The number of unbranched alkanes of at least 4 members (excludes halogenated alkanes) is 1. The molecule has 2 amide bonds. The molecule has 1 saturated heterocycles. The summed E-state index contributed by atoms with van der Waals surface area (Å²) in [7, 11) is 0. The van der Waals surface area contributed by atoms with Gasteiger partial charge in [-0.2, -0.15) is 0 Å². The van der Waals surface area contributed by atoms with Gasteiger partial charge in [0.15, 0.2) is 0 Å². The molecule has 1 aliphatic carbocycles. The number of rotatable bonds is 6. The molecule has 114 valence electrons. The van der Waals surface area contributed by atoms with Gasteiger partial charge in [-0.25, -0.2) is 0 Å². The highest BCUT2D eigenvalue weighted by Gasteiger charge is 2.49. The van der Waals surface area contributed by atoms with E-state index >= 15 is 0 Å². The Kier molecular flexibility index (Phi) is 5.06.